The lowest BCUT2D eigenvalue weighted by atomic mass is 9.51. The summed E-state index contributed by atoms with van der Waals surface area (Å²) in [7, 11) is 0. The number of hydrogen-bond donors (Lipinski definition) is 0. The largest absolute Gasteiger partial charge is 0.298 e. The van der Waals surface area contributed by atoms with Crippen LogP contribution in [0.2, 0.25) is 0 Å². The Morgan fingerprint density at radius 3 is 2.10 bits per heavy atom. The highest BCUT2D eigenvalue weighted by atomic mass is 32.2. The van der Waals surface area contributed by atoms with Gasteiger partial charge in [-0.1, -0.05) is 56.3 Å². The Morgan fingerprint density at radius 1 is 0.905 bits per heavy atom. The number of Topliss-reactive ketones (excluding diaryl/α,β-unsaturated/α-hetero) is 1. The van der Waals surface area contributed by atoms with Crippen molar-refractivity contribution in [2.24, 2.45) is 5.41 Å². The summed E-state index contributed by atoms with van der Waals surface area (Å²) in [5.74, 6) is 0.623. The van der Waals surface area contributed by atoms with Gasteiger partial charge in [-0.3, -0.25) is 4.79 Å². The Morgan fingerprint density at radius 2 is 1.52 bits per heavy atom. The maximum Gasteiger partial charge on any atom is 0.147 e. The number of benzene rings is 2. The molecule has 0 saturated heterocycles. The van der Waals surface area contributed by atoms with Gasteiger partial charge in [0.15, 0.2) is 0 Å². The summed E-state index contributed by atoms with van der Waals surface area (Å²) in [5, 5.41) is 0. The molecule has 0 bridgehead atoms. The lowest BCUT2D eigenvalue weighted by Gasteiger charge is -2.50. The zero-order valence-corrected chi connectivity index (χ0v) is 13.5. The molecule has 2 aromatic rings. The number of rotatable bonds is 3. The van der Waals surface area contributed by atoms with Crippen LogP contribution in [0.3, 0.4) is 0 Å². The molecule has 1 aliphatic carbocycles. The van der Waals surface area contributed by atoms with Gasteiger partial charge in [-0.25, -0.2) is 0 Å². The lowest BCUT2D eigenvalue weighted by Crippen LogP contribution is -2.50. The van der Waals surface area contributed by atoms with Crippen LogP contribution in [0.5, 0.6) is 0 Å². The van der Waals surface area contributed by atoms with Crippen molar-refractivity contribution in [3.05, 3.63) is 65.7 Å². The van der Waals surface area contributed by atoms with Gasteiger partial charge < -0.3 is 0 Å². The second kappa shape index (κ2) is 5.34. The molecule has 0 amide bonds. The molecule has 2 atom stereocenters. The van der Waals surface area contributed by atoms with Gasteiger partial charge in [0, 0.05) is 16.2 Å². The molecule has 1 aliphatic rings. The quantitative estimate of drug-likeness (QED) is 0.751. The van der Waals surface area contributed by atoms with E-state index in [2.05, 4.69) is 68.6 Å². The van der Waals surface area contributed by atoms with Crippen molar-refractivity contribution in [3.63, 3.8) is 0 Å². The minimum Gasteiger partial charge on any atom is -0.298 e. The summed E-state index contributed by atoms with van der Waals surface area (Å²) in [5.41, 5.74) is 2.14. The zero-order chi connectivity index (χ0) is 15.0. The van der Waals surface area contributed by atoms with Gasteiger partial charge in [0.25, 0.3) is 0 Å². The van der Waals surface area contributed by atoms with Crippen molar-refractivity contribution >= 4 is 17.5 Å². The first kappa shape index (κ1) is 14.4. The predicted molar refractivity (Wildman–Crippen MR) is 88.9 cm³/mol. The third-order valence-electron chi connectivity index (χ3n) is 4.66. The van der Waals surface area contributed by atoms with E-state index in [1.807, 2.05) is 6.07 Å². The fourth-order valence-electron chi connectivity index (χ4n) is 3.45. The fourth-order valence-corrected chi connectivity index (χ4v) is 3.86. The van der Waals surface area contributed by atoms with Crippen LogP contribution >= 0.6 is 11.8 Å². The summed E-state index contributed by atoms with van der Waals surface area (Å²) >= 11 is 1.73. The van der Waals surface area contributed by atoms with Gasteiger partial charge >= 0.3 is 0 Å². The van der Waals surface area contributed by atoms with Crippen molar-refractivity contribution in [2.45, 2.75) is 30.6 Å². The van der Waals surface area contributed by atoms with E-state index in [1.165, 1.54) is 10.5 Å². The third kappa shape index (κ3) is 2.32. The van der Waals surface area contributed by atoms with Crippen LogP contribution in [-0.4, -0.2) is 12.0 Å². The lowest BCUT2D eigenvalue weighted by molar-refractivity contribution is -0.141. The van der Waals surface area contributed by atoms with Gasteiger partial charge in [-0.15, -0.1) is 11.8 Å². The van der Waals surface area contributed by atoms with Crippen LogP contribution in [0.15, 0.2) is 59.5 Å². The van der Waals surface area contributed by atoms with E-state index in [-0.39, 0.29) is 17.3 Å². The summed E-state index contributed by atoms with van der Waals surface area (Å²) in [6, 6.07) is 18.9. The van der Waals surface area contributed by atoms with E-state index >= 15 is 0 Å². The molecule has 0 spiro atoms. The summed E-state index contributed by atoms with van der Waals surface area (Å²) < 4.78 is 0. The first-order valence-corrected chi connectivity index (χ1v) is 8.51. The Balaban J connectivity index is 1.98. The van der Waals surface area contributed by atoms with E-state index in [0.717, 1.165) is 5.56 Å². The van der Waals surface area contributed by atoms with Crippen molar-refractivity contribution in [2.75, 3.05) is 6.26 Å². The molecule has 1 saturated carbocycles. The van der Waals surface area contributed by atoms with E-state index in [9.17, 15) is 4.79 Å². The molecule has 1 fully saturated rings. The SMILES string of the molecule is CSc1ccc([C@@H]2C(=O)C(C)(C)[C@H]2c2ccccc2)cc1. The van der Waals surface area contributed by atoms with Crippen molar-refractivity contribution in [1.82, 2.24) is 0 Å². The van der Waals surface area contributed by atoms with Crippen molar-refractivity contribution in [1.29, 1.82) is 0 Å². The molecule has 1 nitrogen and oxygen atoms in total. The molecule has 21 heavy (non-hydrogen) atoms. The van der Waals surface area contributed by atoms with Crippen LogP contribution in [0, 0.1) is 5.41 Å². The molecule has 2 aromatic carbocycles. The maximum absolute atomic E-state index is 12.6. The standard InChI is InChI=1S/C19H20OS/c1-19(2)17(14-7-5-4-6-8-14)16(18(19)20)13-9-11-15(21-3)12-10-13/h4-12,16-17H,1-3H3/t16-,17-/m0/s1. The zero-order valence-electron chi connectivity index (χ0n) is 12.7. The molecule has 0 heterocycles. The highest BCUT2D eigenvalue weighted by molar-refractivity contribution is 7.98. The average Bonchev–Trinajstić information content (AvgIpc) is 2.52. The Bertz CT molecular complexity index is 643. The number of ketones is 1. The second-order valence-corrected chi connectivity index (χ2v) is 7.10. The van der Waals surface area contributed by atoms with Crippen molar-refractivity contribution in [3.8, 4) is 0 Å². The van der Waals surface area contributed by atoms with E-state index in [1.54, 1.807) is 11.8 Å². The monoisotopic (exact) mass is 296 g/mol. The molecule has 108 valence electrons. The van der Waals surface area contributed by atoms with Crippen LogP contribution in [0.25, 0.3) is 0 Å². The minimum absolute atomic E-state index is 0.00157. The van der Waals surface area contributed by atoms with Gasteiger partial charge in [0.2, 0.25) is 0 Å². The summed E-state index contributed by atoms with van der Waals surface area (Å²) in [6.07, 6.45) is 2.07. The fraction of sp³-hybridized carbons (Fsp3) is 0.316. The molecule has 0 aliphatic heterocycles. The maximum atomic E-state index is 12.6. The van der Waals surface area contributed by atoms with Crippen LogP contribution in [0.4, 0.5) is 0 Å². The molecule has 0 N–H and O–H groups in total. The Labute approximate surface area is 130 Å². The molecule has 0 radical (unpaired) electrons. The topological polar surface area (TPSA) is 17.1 Å². The Hall–Kier alpha value is -1.54. The highest BCUT2D eigenvalue weighted by Gasteiger charge is 2.56. The smallest absolute Gasteiger partial charge is 0.147 e. The average molecular weight is 296 g/mol. The summed E-state index contributed by atoms with van der Waals surface area (Å²) in [6.45, 7) is 4.14. The number of carbonyl (C=O) groups is 1. The normalized spacial score (nSPS) is 23.7. The molecular weight excluding hydrogens is 276 g/mol. The molecule has 0 unspecified atom stereocenters. The molecule has 3 rings (SSSR count). The number of thioether (sulfide) groups is 1. The van der Waals surface area contributed by atoms with Crippen molar-refractivity contribution < 1.29 is 4.79 Å². The van der Waals surface area contributed by atoms with E-state index in [0.29, 0.717) is 5.78 Å². The van der Waals surface area contributed by atoms with Gasteiger partial charge in [0.05, 0.1) is 5.92 Å². The third-order valence-corrected chi connectivity index (χ3v) is 5.41. The van der Waals surface area contributed by atoms with Crippen LogP contribution < -0.4 is 0 Å². The van der Waals surface area contributed by atoms with Gasteiger partial charge in [-0.05, 0) is 29.5 Å². The first-order chi connectivity index (χ1) is 10.1. The molecule has 2 heteroatoms. The van der Waals surface area contributed by atoms with Gasteiger partial charge in [-0.2, -0.15) is 0 Å². The minimum atomic E-state index is -0.274. The van der Waals surface area contributed by atoms with E-state index in [4.69, 9.17) is 0 Å². The van der Waals surface area contributed by atoms with Crippen LogP contribution in [0.1, 0.15) is 36.8 Å². The summed E-state index contributed by atoms with van der Waals surface area (Å²) in [4.78, 5) is 13.9. The van der Waals surface area contributed by atoms with Crippen LogP contribution in [-0.2, 0) is 4.79 Å². The predicted octanol–water partition coefficient (Wildman–Crippen LogP) is 4.88. The first-order valence-electron chi connectivity index (χ1n) is 7.29. The number of hydrogen-bond acceptors (Lipinski definition) is 2. The second-order valence-electron chi connectivity index (χ2n) is 6.23. The van der Waals surface area contributed by atoms with Gasteiger partial charge in [0.1, 0.15) is 5.78 Å². The molecule has 0 aromatic heterocycles. The van der Waals surface area contributed by atoms with E-state index < -0.39 is 0 Å². The Kier molecular flexibility index (Phi) is 3.66. The number of carbonyl (C=O) groups excluding carboxylic acids is 1. The highest BCUT2D eigenvalue weighted by Crippen LogP contribution is 2.58. The molecular formula is C19H20OS.